The molecule has 0 unspecified atom stereocenters. The number of hydrogen-bond donors (Lipinski definition) is 1. The van der Waals surface area contributed by atoms with Gasteiger partial charge in [-0.1, -0.05) is 12.2 Å². The Bertz CT molecular complexity index is 478. The lowest BCUT2D eigenvalue weighted by atomic mass is 10.1. The van der Waals surface area contributed by atoms with Gasteiger partial charge in [-0.05, 0) is 61.8 Å². The first-order valence-electron chi connectivity index (χ1n) is 6.97. The Morgan fingerprint density at radius 1 is 1.05 bits per heavy atom. The highest BCUT2D eigenvalue weighted by Gasteiger charge is 2.53. The number of nitrogens with one attached hydrogen (secondary N) is 1. The average molecular weight is 259 g/mol. The van der Waals surface area contributed by atoms with Gasteiger partial charge >= 0.3 is 0 Å². The Balaban J connectivity index is 1.61. The molecule has 0 heterocycles. The predicted octanol–water partition coefficient (Wildman–Crippen LogP) is 3.76. The normalized spacial score (nSPS) is 29.0. The highest BCUT2D eigenvalue weighted by Crippen LogP contribution is 2.53. The second kappa shape index (κ2) is 5.16. The third-order valence-corrected chi connectivity index (χ3v) is 4.25. The maximum atomic E-state index is 12.8. The summed E-state index contributed by atoms with van der Waals surface area (Å²) < 4.78 is 12.8. The number of halogens is 1. The first-order valence-corrected chi connectivity index (χ1v) is 6.97. The summed E-state index contributed by atoms with van der Waals surface area (Å²) >= 11 is 0. The van der Waals surface area contributed by atoms with E-state index < -0.39 is 0 Å². The maximum Gasteiger partial charge on any atom is 0.228 e. The Hall–Kier alpha value is -1.64. The molecule has 3 heteroatoms. The van der Waals surface area contributed by atoms with Crippen LogP contribution < -0.4 is 5.32 Å². The minimum atomic E-state index is -0.280. The van der Waals surface area contributed by atoms with Crippen molar-refractivity contribution in [1.82, 2.24) is 0 Å². The molecule has 19 heavy (non-hydrogen) atoms. The summed E-state index contributed by atoms with van der Waals surface area (Å²) in [6.45, 7) is 0. The minimum absolute atomic E-state index is 0.100. The van der Waals surface area contributed by atoms with Crippen LogP contribution in [0.5, 0.6) is 0 Å². The standard InChI is InChI=1S/C16H18FNO/c17-11-7-9-12(10-8-11)18-16(19)15-13-5-3-1-2-4-6-14(13)15/h1-2,7-10,13-15H,3-6H2,(H,18,19)/t13-,14-/m1/s1. The number of amides is 1. The lowest BCUT2D eigenvalue weighted by molar-refractivity contribution is -0.117. The van der Waals surface area contributed by atoms with Gasteiger partial charge in [0.25, 0.3) is 0 Å². The Morgan fingerprint density at radius 2 is 1.63 bits per heavy atom. The molecule has 1 N–H and O–H groups in total. The summed E-state index contributed by atoms with van der Waals surface area (Å²) in [5.41, 5.74) is 0.684. The highest BCUT2D eigenvalue weighted by molar-refractivity contribution is 5.94. The Morgan fingerprint density at radius 3 is 2.21 bits per heavy atom. The van der Waals surface area contributed by atoms with Crippen molar-refractivity contribution in [3.63, 3.8) is 0 Å². The molecular weight excluding hydrogens is 241 g/mol. The van der Waals surface area contributed by atoms with Crippen molar-refractivity contribution in [2.45, 2.75) is 25.7 Å². The molecule has 1 fully saturated rings. The van der Waals surface area contributed by atoms with Crippen LogP contribution in [0.4, 0.5) is 10.1 Å². The number of benzene rings is 1. The molecule has 0 saturated heterocycles. The van der Waals surface area contributed by atoms with Crippen LogP contribution in [0.2, 0.25) is 0 Å². The fraction of sp³-hybridized carbons (Fsp3) is 0.438. The molecule has 100 valence electrons. The summed E-state index contributed by atoms with van der Waals surface area (Å²) in [4.78, 5) is 12.2. The molecule has 3 rings (SSSR count). The zero-order chi connectivity index (χ0) is 13.2. The van der Waals surface area contributed by atoms with Crippen LogP contribution in [-0.4, -0.2) is 5.91 Å². The molecule has 2 nitrogen and oxygen atoms in total. The van der Waals surface area contributed by atoms with E-state index in [1.165, 1.54) is 12.1 Å². The highest BCUT2D eigenvalue weighted by atomic mass is 19.1. The van der Waals surface area contributed by atoms with E-state index in [4.69, 9.17) is 0 Å². The number of carbonyl (C=O) groups is 1. The zero-order valence-corrected chi connectivity index (χ0v) is 10.8. The van der Waals surface area contributed by atoms with Crippen molar-refractivity contribution >= 4 is 11.6 Å². The van der Waals surface area contributed by atoms with E-state index in [0.29, 0.717) is 17.5 Å². The average Bonchev–Trinajstić information content (AvgIpc) is 3.03. The number of carbonyl (C=O) groups excluding carboxylic acids is 1. The molecule has 2 atom stereocenters. The fourth-order valence-corrected chi connectivity index (χ4v) is 3.19. The number of hydrogen-bond acceptors (Lipinski definition) is 1. The van der Waals surface area contributed by atoms with Gasteiger partial charge in [-0.3, -0.25) is 4.79 Å². The smallest absolute Gasteiger partial charge is 0.228 e. The molecule has 0 aromatic heterocycles. The van der Waals surface area contributed by atoms with Gasteiger partial charge in [0.2, 0.25) is 5.91 Å². The Kier molecular flexibility index (Phi) is 3.36. The van der Waals surface area contributed by atoms with E-state index in [1.807, 2.05) is 0 Å². The van der Waals surface area contributed by atoms with Crippen molar-refractivity contribution in [2.75, 3.05) is 5.32 Å². The van der Waals surface area contributed by atoms with Gasteiger partial charge in [0.05, 0.1) is 0 Å². The lowest BCUT2D eigenvalue weighted by Gasteiger charge is -2.04. The molecular formula is C16H18FNO. The largest absolute Gasteiger partial charge is 0.326 e. The summed E-state index contributed by atoms with van der Waals surface area (Å²) in [6, 6.07) is 5.96. The minimum Gasteiger partial charge on any atom is -0.326 e. The molecule has 1 aromatic rings. The molecule has 0 spiro atoms. The van der Waals surface area contributed by atoms with Crippen LogP contribution in [0, 0.1) is 23.6 Å². The molecule has 0 bridgehead atoms. The number of anilines is 1. The van der Waals surface area contributed by atoms with E-state index in [2.05, 4.69) is 17.5 Å². The number of allylic oxidation sites excluding steroid dienone is 2. The van der Waals surface area contributed by atoms with Gasteiger partial charge in [0, 0.05) is 11.6 Å². The number of rotatable bonds is 2. The van der Waals surface area contributed by atoms with Crippen molar-refractivity contribution in [3.05, 3.63) is 42.2 Å². The molecule has 2 aliphatic carbocycles. The molecule has 1 amide bonds. The van der Waals surface area contributed by atoms with E-state index in [9.17, 15) is 9.18 Å². The van der Waals surface area contributed by atoms with Crippen molar-refractivity contribution in [1.29, 1.82) is 0 Å². The van der Waals surface area contributed by atoms with Crippen molar-refractivity contribution in [2.24, 2.45) is 17.8 Å². The predicted molar refractivity (Wildman–Crippen MR) is 73.1 cm³/mol. The second-order valence-electron chi connectivity index (χ2n) is 5.48. The van der Waals surface area contributed by atoms with E-state index in [1.54, 1.807) is 12.1 Å². The molecule has 0 radical (unpaired) electrons. The van der Waals surface area contributed by atoms with E-state index in [-0.39, 0.29) is 17.6 Å². The number of fused-ring (bicyclic) bond motifs is 1. The van der Waals surface area contributed by atoms with Gasteiger partial charge in [-0.2, -0.15) is 0 Å². The van der Waals surface area contributed by atoms with Crippen LogP contribution >= 0.6 is 0 Å². The Labute approximate surface area is 112 Å². The van der Waals surface area contributed by atoms with E-state index >= 15 is 0 Å². The van der Waals surface area contributed by atoms with Crippen LogP contribution in [0.3, 0.4) is 0 Å². The van der Waals surface area contributed by atoms with Crippen LogP contribution in [0.1, 0.15) is 25.7 Å². The summed E-state index contributed by atoms with van der Waals surface area (Å²) in [7, 11) is 0. The quantitative estimate of drug-likeness (QED) is 0.805. The fourth-order valence-electron chi connectivity index (χ4n) is 3.19. The molecule has 0 aliphatic heterocycles. The molecule has 2 aliphatic rings. The lowest BCUT2D eigenvalue weighted by Crippen LogP contribution is -2.15. The van der Waals surface area contributed by atoms with Crippen LogP contribution in [-0.2, 0) is 4.79 Å². The maximum absolute atomic E-state index is 12.8. The van der Waals surface area contributed by atoms with Crippen molar-refractivity contribution < 1.29 is 9.18 Å². The van der Waals surface area contributed by atoms with Gasteiger partial charge in [0.1, 0.15) is 5.82 Å². The van der Waals surface area contributed by atoms with Gasteiger partial charge in [0.15, 0.2) is 0 Å². The van der Waals surface area contributed by atoms with Gasteiger partial charge in [-0.15, -0.1) is 0 Å². The van der Waals surface area contributed by atoms with Gasteiger partial charge in [-0.25, -0.2) is 4.39 Å². The van der Waals surface area contributed by atoms with Crippen molar-refractivity contribution in [3.8, 4) is 0 Å². The summed E-state index contributed by atoms with van der Waals surface area (Å²) in [6.07, 6.45) is 8.85. The SMILES string of the molecule is O=C(Nc1ccc(F)cc1)C1[C@@H]2CCC=CCC[C@@H]12. The molecule has 1 aromatic carbocycles. The van der Waals surface area contributed by atoms with E-state index in [0.717, 1.165) is 25.7 Å². The zero-order valence-electron chi connectivity index (χ0n) is 10.8. The monoisotopic (exact) mass is 259 g/mol. The van der Waals surface area contributed by atoms with Crippen LogP contribution in [0.15, 0.2) is 36.4 Å². The van der Waals surface area contributed by atoms with Crippen LogP contribution in [0.25, 0.3) is 0 Å². The second-order valence-corrected chi connectivity index (χ2v) is 5.48. The first-order chi connectivity index (χ1) is 9.25. The summed E-state index contributed by atoms with van der Waals surface area (Å²) in [5.74, 6) is 1.07. The first kappa shape index (κ1) is 12.4. The third-order valence-electron chi connectivity index (χ3n) is 4.25. The molecule has 1 saturated carbocycles. The topological polar surface area (TPSA) is 29.1 Å². The van der Waals surface area contributed by atoms with Gasteiger partial charge < -0.3 is 5.32 Å². The third kappa shape index (κ3) is 2.70. The summed E-state index contributed by atoms with van der Waals surface area (Å²) in [5, 5.41) is 2.90.